The minimum atomic E-state index is -0.950. The van der Waals surface area contributed by atoms with E-state index in [1.807, 2.05) is 0 Å². The number of hydrogen-bond donors (Lipinski definition) is 6. The van der Waals surface area contributed by atoms with Gasteiger partial charge < -0.3 is 40.1 Å². The molecule has 2 atom stereocenters. The second-order valence-corrected chi connectivity index (χ2v) is 14.1. The largest absolute Gasteiger partial charge is 0.481 e. The Morgan fingerprint density at radius 2 is 0.611 bits per heavy atom. The summed E-state index contributed by atoms with van der Waals surface area (Å²) < 4.78 is 8.69. The lowest BCUT2D eigenvalue weighted by molar-refractivity contribution is -0.145. The maximum Gasteiger partial charge on any atom is 0.303 e. The molecule has 0 rings (SSSR count). The summed E-state index contributed by atoms with van der Waals surface area (Å²) in [5, 5.41) is 50.6. The van der Waals surface area contributed by atoms with Gasteiger partial charge in [-0.25, -0.2) is 0 Å². The summed E-state index contributed by atoms with van der Waals surface area (Å²) in [5.41, 5.74) is 0. The molecule has 0 spiro atoms. The van der Waals surface area contributed by atoms with Crippen molar-refractivity contribution in [2.45, 2.75) is 220 Å². The molecule has 0 fully saturated rings. The number of aliphatic hydroxyl groups excluding tert-OH is 4. The number of aliphatic carboxylic acids is 2. The zero-order chi connectivity index (χ0) is 41.5. The third kappa shape index (κ3) is 67.8. The molecule has 0 bridgehead atoms. The second kappa shape index (κ2) is 50.7. The molecule has 0 heterocycles. The number of hydrogen-bond acceptors (Lipinski definition) is 10. The van der Waals surface area contributed by atoms with E-state index in [0.717, 1.165) is 25.7 Å². The average molecular weight is 781 g/mol. The summed E-state index contributed by atoms with van der Waals surface area (Å²) in [6.45, 7) is 5.97. The van der Waals surface area contributed by atoms with Gasteiger partial charge in [0.1, 0.15) is 25.4 Å². The van der Waals surface area contributed by atoms with E-state index in [0.29, 0.717) is 12.8 Å². The van der Waals surface area contributed by atoms with Crippen molar-refractivity contribution >= 4 is 23.9 Å². The van der Waals surface area contributed by atoms with Crippen molar-refractivity contribution in [3.8, 4) is 0 Å². The molecular formula is C42H84O12. The van der Waals surface area contributed by atoms with Crippen LogP contribution in [0.2, 0.25) is 0 Å². The first-order valence-electron chi connectivity index (χ1n) is 21.2. The molecule has 0 saturated carbocycles. The Balaban J connectivity index is -0.000000325. The molecule has 0 saturated heterocycles. The van der Waals surface area contributed by atoms with Crippen LogP contribution in [0.1, 0.15) is 207 Å². The number of carbonyl (C=O) groups excluding carboxylic acids is 2. The number of unbranched alkanes of at least 4 members (excludes halogenated alkanes) is 24. The molecule has 0 aromatic heterocycles. The minimum Gasteiger partial charge on any atom is -0.481 e. The molecule has 6 N–H and O–H groups in total. The molecule has 0 aliphatic heterocycles. The Morgan fingerprint density at radius 1 is 0.407 bits per heavy atom. The molecule has 54 heavy (non-hydrogen) atoms. The van der Waals surface area contributed by atoms with Gasteiger partial charge in [-0.05, 0) is 12.8 Å². The first-order chi connectivity index (χ1) is 25.9. The van der Waals surface area contributed by atoms with Gasteiger partial charge in [-0.2, -0.15) is 0 Å². The van der Waals surface area contributed by atoms with Crippen LogP contribution in [-0.2, 0) is 28.7 Å². The van der Waals surface area contributed by atoms with Crippen LogP contribution in [0.3, 0.4) is 0 Å². The van der Waals surface area contributed by atoms with Gasteiger partial charge in [0, 0.05) is 26.7 Å². The van der Waals surface area contributed by atoms with Crippen molar-refractivity contribution in [2.24, 2.45) is 0 Å². The topological polar surface area (TPSA) is 208 Å². The molecule has 0 aliphatic carbocycles. The van der Waals surface area contributed by atoms with Gasteiger partial charge in [-0.3, -0.25) is 19.2 Å². The highest BCUT2D eigenvalue weighted by atomic mass is 16.5. The van der Waals surface area contributed by atoms with Crippen LogP contribution in [0.4, 0.5) is 0 Å². The standard InChI is InChI=1S/2C16H32O2.2C5H10O4/c2*1-2-3-4-5-6-7-8-9-10-11-12-13-14-15-16(17)18;2*1-4(7)9-3-5(8)2-6/h2*2-15H2,1H3,(H,17,18);2*5-6,8H,2-3H2,1H3. The van der Waals surface area contributed by atoms with Gasteiger partial charge in [0.05, 0.1) is 13.2 Å². The van der Waals surface area contributed by atoms with Gasteiger partial charge in [-0.15, -0.1) is 0 Å². The van der Waals surface area contributed by atoms with Gasteiger partial charge >= 0.3 is 23.9 Å². The fourth-order valence-electron chi connectivity index (χ4n) is 5.12. The summed E-state index contributed by atoms with van der Waals surface area (Å²) in [7, 11) is 0. The minimum absolute atomic E-state index is 0.133. The maximum absolute atomic E-state index is 10.3. The number of carboxylic acids is 2. The monoisotopic (exact) mass is 781 g/mol. The van der Waals surface area contributed by atoms with Gasteiger partial charge in [0.15, 0.2) is 0 Å². The molecule has 0 aromatic carbocycles. The quantitative estimate of drug-likeness (QED) is 0.0267. The fourth-order valence-corrected chi connectivity index (χ4v) is 5.12. The second-order valence-electron chi connectivity index (χ2n) is 14.1. The molecule has 2 unspecified atom stereocenters. The van der Waals surface area contributed by atoms with Crippen molar-refractivity contribution in [3.05, 3.63) is 0 Å². The fraction of sp³-hybridized carbons (Fsp3) is 0.905. The molecule has 0 radical (unpaired) electrons. The van der Waals surface area contributed by atoms with Crippen LogP contribution >= 0.6 is 0 Å². The van der Waals surface area contributed by atoms with E-state index in [1.165, 1.54) is 155 Å². The van der Waals surface area contributed by atoms with E-state index < -0.39 is 36.1 Å². The van der Waals surface area contributed by atoms with Crippen LogP contribution in [0.15, 0.2) is 0 Å². The van der Waals surface area contributed by atoms with Crippen molar-refractivity contribution < 1.29 is 59.3 Å². The number of rotatable bonds is 34. The highest BCUT2D eigenvalue weighted by Gasteiger charge is 2.03. The first kappa shape index (κ1) is 58.4. The molecule has 0 aromatic rings. The predicted molar refractivity (Wildman–Crippen MR) is 215 cm³/mol. The molecule has 0 aliphatic rings. The number of carbonyl (C=O) groups is 4. The van der Waals surface area contributed by atoms with E-state index in [1.54, 1.807) is 0 Å². The molecular weight excluding hydrogens is 696 g/mol. The van der Waals surface area contributed by atoms with Gasteiger partial charge in [0.25, 0.3) is 0 Å². The van der Waals surface area contributed by atoms with E-state index in [2.05, 4.69) is 23.3 Å². The molecule has 324 valence electrons. The van der Waals surface area contributed by atoms with Crippen molar-refractivity contribution in [2.75, 3.05) is 26.4 Å². The average Bonchev–Trinajstić information content (AvgIpc) is 3.13. The first-order valence-corrected chi connectivity index (χ1v) is 21.2. The smallest absolute Gasteiger partial charge is 0.303 e. The summed E-state index contributed by atoms with van der Waals surface area (Å²) in [5.74, 6) is -2.22. The zero-order valence-electron chi connectivity index (χ0n) is 34.9. The van der Waals surface area contributed by atoms with Gasteiger partial charge in [0.2, 0.25) is 0 Å². The predicted octanol–water partition coefficient (Wildman–Crippen LogP) is 8.91. The van der Waals surface area contributed by atoms with Crippen LogP contribution in [-0.4, -0.2) is 93.2 Å². The summed E-state index contributed by atoms with van der Waals surface area (Å²) in [4.78, 5) is 40.7. The van der Waals surface area contributed by atoms with Crippen LogP contribution in [0, 0.1) is 0 Å². The normalized spacial score (nSPS) is 11.4. The summed E-state index contributed by atoms with van der Waals surface area (Å²) >= 11 is 0. The lowest BCUT2D eigenvalue weighted by Crippen LogP contribution is -2.20. The third-order valence-corrected chi connectivity index (χ3v) is 8.37. The lowest BCUT2D eigenvalue weighted by atomic mass is 10.0. The number of ether oxygens (including phenoxy) is 2. The third-order valence-electron chi connectivity index (χ3n) is 8.37. The molecule has 0 amide bonds. The Labute approximate surface area is 328 Å². The molecule has 12 nitrogen and oxygen atoms in total. The zero-order valence-corrected chi connectivity index (χ0v) is 34.9. The van der Waals surface area contributed by atoms with Gasteiger partial charge in [-0.1, -0.05) is 168 Å². The van der Waals surface area contributed by atoms with Crippen molar-refractivity contribution in [3.63, 3.8) is 0 Å². The molecule has 12 heteroatoms. The summed E-state index contributed by atoms with van der Waals surface area (Å²) in [6, 6.07) is 0. The maximum atomic E-state index is 10.3. The van der Waals surface area contributed by atoms with E-state index >= 15 is 0 Å². The van der Waals surface area contributed by atoms with Crippen LogP contribution in [0.5, 0.6) is 0 Å². The number of esters is 2. The van der Waals surface area contributed by atoms with Crippen LogP contribution in [0.25, 0.3) is 0 Å². The Bertz CT molecular complexity index is 729. The Kier molecular flexibility index (Phi) is 54.9. The van der Waals surface area contributed by atoms with E-state index in [-0.39, 0.29) is 26.4 Å². The SMILES string of the molecule is CC(=O)OCC(O)CO.CC(=O)OCC(O)CO.CCCCCCCCCCCCCCCC(=O)O.CCCCCCCCCCCCCCCC(=O)O. The van der Waals surface area contributed by atoms with E-state index in [9.17, 15) is 19.2 Å². The highest BCUT2D eigenvalue weighted by molar-refractivity contribution is 5.67. The van der Waals surface area contributed by atoms with Crippen molar-refractivity contribution in [1.29, 1.82) is 0 Å². The lowest BCUT2D eigenvalue weighted by Gasteiger charge is -2.05. The Hall–Kier alpha value is -2.28. The number of aliphatic hydroxyl groups is 4. The number of carboxylic acid groups (broad SMARTS) is 2. The highest BCUT2D eigenvalue weighted by Crippen LogP contribution is 2.14. The Morgan fingerprint density at radius 3 is 0.778 bits per heavy atom. The van der Waals surface area contributed by atoms with Crippen molar-refractivity contribution in [1.82, 2.24) is 0 Å². The summed E-state index contributed by atoms with van der Waals surface area (Å²) in [6.07, 6.45) is 32.6. The van der Waals surface area contributed by atoms with Crippen LogP contribution < -0.4 is 0 Å². The van der Waals surface area contributed by atoms with E-state index in [4.69, 9.17) is 30.6 Å².